The van der Waals surface area contributed by atoms with Crippen molar-refractivity contribution >= 4 is 11.0 Å². The Morgan fingerprint density at radius 1 is 0.913 bits per heavy atom. The lowest BCUT2D eigenvalue weighted by atomic mass is 10.1. The van der Waals surface area contributed by atoms with Crippen LogP contribution in [0.3, 0.4) is 0 Å². The number of aromatic nitrogens is 2. The van der Waals surface area contributed by atoms with Gasteiger partial charge in [-0.1, -0.05) is 70.4 Å². The summed E-state index contributed by atoms with van der Waals surface area (Å²) < 4.78 is 1.73. The van der Waals surface area contributed by atoms with Crippen molar-refractivity contribution < 1.29 is 0 Å². The van der Waals surface area contributed by atoms with Crippen LogP contribution in [0.2, 0.25) is 0 Å². The van der Waals surface area contributed by atoms with Gasteiger partial charge in [0, 0.05) is 7.05 Å². The summed E-state index contributed by atoms with van der Waals surface area (Å²) in [6.07, 6.45) is 12.5. The Labute approximate surface area is 139 Å². The second kappa shape index (κ2) is 9.49. The highest BCUT2D eigenvalue weighted by molar-refractivity contribution is 5.74. The average Bonchev–Trinajstić information content (AvgIpc) is 2.57. The second-order valence-electron chi connectivity index (χ2n) is 6.49. The summed E-state index contributed by atoms with van der Waals surface area (Å²) in [7, 11) is 1.84. The average molecular weight is 314 g/mol. The summed E-state index contributed by atoms with van der Waals surface area (Å²) in [5.41, 5.74) is 2.60. The molecule has 0 bridgehead atoms. The number of hydrogen-bond donors (Lipinski definition) is 0. The zero-order valence-electron chi connectivity index (χ0n) is 14.7. The molecule has 0 amide bonds. The van der Waals surface area contributed by atoms with E-state index >= 15 is 0 Å². The van der Waals surface area contributed by atoms with Crippen LogP contribution in [0, 0.1) is 0 Å². The van der Waals surface area contributed by atoms with Crippen molar-refractivity contribution in [2.24, 2.45) is 7.05 Å². The Morgan fingerprint density at radius 3 is 2.22 bits per heavy atom. The lowest BCUT2D eigenvalue weighted by Gasteiger charge is -2.07. The van der Waals surface area contributed by atoms with Gasteiger partial charge in [-0.3, -0.25) is 4.79 Å². The number of fused-ring (bicyclic) bond motifs is 1. The van der Waals surface area contributed by atoms with Crippen LogP contribution in [-0.4, -0.2) is 9.55 Å². The summed E-state index contributed by atoms with van der Waals surface area (Å²) in [4.78, 5) is 16.9. The maximum Gasteiger partial charge on any atom is 0.272 e. The third-order valence-corrected chi connectivity index (χ3v) is 4.57. The number of nitrogens with zero attached hydrogens (tertiary/aromatic N) is 2. The number of unbranched alkanes of at least 4 members (excludes halogenated alkanes) is 8. The fraction of sp³-hybridized carbons (Fsp3) is 0.600. The van der Waals surface area contributed by atoms with Crippen molar-refractivity contribution in [3.63, 3.8) is 0 Å². The first-order chi connectivity index (χ1) is 11.2. The first-order valence-corrected chi connectivity index (χ1v) is 9.18. The number of benzene rings is 1. The van der Waals surface area contributed by atoms with E-state index in [0.29, 0.717) is 5.69 Å². The highest BCUT2D eigenvalue weighted by atomic mass is 16.1. The molecule has 0 saturated carbocycles. The molecule has 23 heavy (non-hydrogen) atoms. The number of para-hydroxylation sites is 2. The summed E-state index contributed by atoms with van der Waals surface area (Å²) in [6.45, 7) is 2.26. The Balaban J connectivity index is 1.77. The van der Waals surface area contributed by atoms with Gasteiger partial charge < -0.3 is 4.57 Å². The van der Waals surface area contributed by atoms with Gasteiger partial charge in [0.25, 0.3) is 5.56 Å². The van der Waals surface area contributed by atoms with Crippen LogP contribution >= 0.6 is 0 Å². The summed E-state index contributed by atoms with van der Waals surface area (Å²) >= 11 is 0. The SMILES string of the molecule is CCCCCCCCCCCc1nc2ccccc2n(C)c1=O. The smallest absolute Gasteiger partial charge is 0.272 e. The van der Waals surface area contributed by atoms with E-state index in [1.165, 1.54) is 51.4 Å². The van der Waals surface area contributed by atoms with Crippen molar-refractivity contribution in [2.45, 2.75) is 71.1 Å². The van der Waals surface area contributed by atoms with Gasteiger partial charge >= 0.3 is 0 Å². The fourth-order valence-corrected chi connectivity index (χ4v) is 3.10. The standard InChI is InChI=1S/C20H30N2O/c1-3-4-5-6-7-8-9-10-11-15-18-20(23)22(2)19-16-13-12-14-17(19)21-18/h12-14,16H,3-11,15H2,1-2H3. The molecular weight excluding hydrogens is 284 g/mol. The van der Waals surface area contributed by atoms with Gasteiger partial charge in [0.05, 0.1) is 11.0 Å². The van der Waals surface area contributed by atoms with Crippen LogP contribution in [0.15, 0.2) is 29.1 Å². The van der Waals surface area contributed by atoms with Crippen LogP contribution in [-0.2, 0) is 13.5 Å². The minimum Gasteiger partial charge on any atom is -0.308 e. The zero-order chi connectivity index (χ0) is 16.5. The van der Waals surface area contributed by atoms with Crippen molar-refractivity contribution in [2.75, 3.05) is 0 Å². The molecule has 3 heteroatoms. The van der Waals surface area contributed by atoms with Gasteiger partial charge in [0.15, 0.2) is 0 Å². The molecule has 0 unspecified atom stereocenters. The molecule has 126 valence electrons. The molecule has 3 nitrogen and oxygen atoms in total. The molecule has 0 aliphatic heterocycles. The molecule has 0 aliphatic carbocycles. The Hall–Kier alpha value is -1.64. The van der Waals surface area contributed by atoms with Crippen LogP contribution in [0.25, 0.3) is 11.0 Å². The van der Waals surface area contributed by atoms with Gasteiger partial charge in [0.1, 0.15) is 5.69 Å². The minimum atomic E-state index is 0.0586. The van der Waals surface area contributed by atoms with E-state index < -0.39 is 0 Å². The molecule has 1 aromatic heterocycles. The molecule has 1 aromatic carbocycles. The molecule has 0 spiro atoms. The van der Waals surface area contributed by atoms with Gasteiger partial charge in [-0.05, 0) is 25.0 Å². The van der Waals surface area contributed by atoms with Crippen molar-refractivity contribution in [1.29, 1.82) is 0 Å². The third-order valence-electron chi connectivity index (χ3n) is 4.57. The monoisotopic (exact) mass is 314 g/mol. The molecule has 0 fully saturated rings. The maximum atomic E-state index is 12.3. The van der Waals surface area contributed by atoms with Crippen molar-refractivity contribution in [1.82, 2.24) is 9.55 Å². The van der Waals surface area contributed by atoms with E-state index in [1.807, 2.05) is 31.3 Å². The largest absolute Gasteiger partial charge is 0.308 e. The molecular formula is C20H30N2O. The summed E-state index contributed by atoms with van der Waals surface area (Å²) in [5, 5.41) is 0. The number of aryl methyl sites for hydroxylation is 2. The Bertz CT molecular complexity index is 660. The van der Waals surface area contributed by atoms with E-state index in [1.54, 1.807) is 4.57 Å². The van der Waals surface area contributed by atoms with Gasteiger partial charge in [-0.25, -0.2) is 4.98 Å². The first kappa shape index (κ1) is 17.7. The van der Waals surface area contributed by atoms with Crippen LogP contribution in [0.1, 0.15) is 70.4 Å². The molecule has 0 radical (unpaired) electrons. The lowest BCUT2D eigenvalue weighted by molar-refractivity contribution is 0.562. The summed E-state index contributed by atoms with van der Waals surface area (Å²) in [5.74, 6) is 0. The maximum absolute atomic E-state index is 12.3. The second-order valence-corrected chi connectivity index (χ2v) is 6.49. The minimum absolute atomic E-state index is 0.0586. The molecule has 2 aromatic rings. The fourth-order valence-electron chi connectivity index (χ4n) is 3.10. The van der Waals surface area contributed by atoms with E-state index in [2.05, 4.69) is 11.9 Å². The molecule has 0 atom stereocenters. The van der Waals surface area contributed by atoms with Crippen LogP contribution < -0.4 is 5.56 Å². The highest BCUT2D eigenvalue weighted by Crippen LogP contribution is 2.12. The molecule has 0 aliphatic rings. The molecule has 1 heterocycles. The van der Waals surface area contributed by atoms with E-state index in [9.17, 15) is 4.79 Å². The van der Waals surface area contributed by atoms with Crippen molar-refractivity contribution in [3.05, 3.63) is 40.3 Å². The Morgan fingerprint density at radius 2 is 1.52 bits per heavy atom. The lowest BCUT2D eigenvalue weighted by Crippen LogP contribution is -2.23. The highest BCUT2D eigenvalue weighted by Gasteiger charge is 2.07. The first-order valence-electron chi connectivity index (χ1n) is 9.18. The van der Waals surface area contributed by atoms with Crippen molar-refractivity contribution in [3.8, 4) is 0 Å². The predicted molar refractivity (Wildman–Crippen MR) is 97.9 cm³/mol. The van der Waals surface area contributed by atoms with E-state index in [0.717, 1.165) is 23.9 Å². The van der Waals surface area contributed by atoms with Crippen LogP contribution in [0.5, 0.6) is 0 Å². The van der Waals surface area contributed by atoms with E-state index in [-0.39, 0.29) is 5.56 Å². The number of rotatable bonds is 10. The topological polar surface area (TPSA) is 34.9 Å². The quantitative estimate of drug-likeness (QED) is 0.578. The molecule has 0 saturated heterocycles. The summed E-state index contributed by atoms with van der Waals surface area (Å²) in [6, 6.07) is 7.85. The van der Waals surface area contributed by atoms with Gasteiger partial charge in [0.2, 0.25) is 0 Å². The van der Waals surface area contributed by atoms with Gasteiger partial charge in [-0.15, -0.1) is 0 Å². The normalized spacial score (nSPS) is 11.2. The van der Waals surface area contributed by atoms with Crippen LogP contribution in [0.4, 0.5) is 0 Å². The van der Waals surface area contributed by atoms with Gasteiger partial charge in [-0.2, -0.15) is 0 Å². The van der Waals surface area contributed by atoms with E-state index in [4.69, 9.17) is 0 Å². The molecule has 2 rings (SSSR count). The Kier molecular flexibility index (Phi) is 7.31. The number of hydrogen-bond acceptors (Lipinski definition) is 2. The molecule has 0 N–H and O–H groups in total. The third kappa shape index (κ3) is 5.19. The predicted octanol–water partition coefficient (Wildman–Crippen LogP) is 5.01. The zero-order valence-corrected chi connectivity index (χ0v) is 14.7.